The fourth-order valence-corrected chi connectivity index (χ4v) is 1.75. The Morgan fingerprint density at radius 3 is 2.36 bits per heavy atom. The molecule has 114 valence electrons. The Kier molecular flexibility index (Phi) is 6.05. The molecule has 4 heteroatoms. The molecule has 0 saturated heterocycles. The van der Waals surface area contributed by atoms with E-state index in [4.69, 9.17) is 14.2 Å². The summed E-state index contributed by atoms with van der Waals surface area (Å²) in [5.74, 6) is 1.14. The van der Waals surface area contributed by atoms with E-state index in [0.717, 1.165) is 17.1 Å². The highest BCUT2D eigenvalue weighted by atomic mass is 16.6. The van der Waals surface area contributed by atoms with Gasteiger partial charge in [-0.05, 0) is 35.9 Å². The lowest BCUT2D eigenvalue weighted by Crippen LogP contribution is -2.10. The fraction of sp³-hybridized carbons (Fsp3) is 0.167. The first kappa shape index (κ1) is 15.6. The van der Waals surface area contributed by atoms with E-state index >= 15 is 0 Å². The number of ether oxygens (including phenoxy) is 3. The summed E-state index contributed by atoms with van der Waals surface area (Å²) in [6, 6.07) is 16.8. The molecular formula is C18H18O4. The maximum atomic E-state index is 11.6. The zero-order valence-electron chi connectivity index (χ0n) is 12.4. The number of hydrogen-bond donors (Lipinski definition) is 0. The quantitative estimate of drug-likeness (QED) is 0.447. The topological polar surface area (TPSA) is 44.8 Å². The molecule has 4 nitrogen and oxygen atoms in total. The molecule has 0 unspecified atom stereocenters. The highest BCUT2D eigenvalue weighted by Gasteiger charge is 1.98. The number of methoxy groups -OCH3 is 1. The van der Waals surface area contributed by atoms with Crippen LogP contribution < -0.4 is 9.47 Å². The lowest BCUT2D eigenvalue weighted by Gasteiger charge is -2.05. The predicted molar refractivity (Wildman–Crippen MR) is 84.9 cm³/mol. The van der Waals surface area contributed by atoms with Crippen LogP contribution >= 0.6 is 0 Å². The molecule has 0 aliphatic rings. The van der Waals surface area contributed by atoms with Gasteiger partial charge in [-0.3, -0.25) is 0 Å². The first-order valence-corrected chi connectivity index (χ1v) is 6.94. The molecule has 0 bridgehead atoms. The lowest BCUT2D eigenvalue weighted by atomic mass is 10.2. The molecule has 2 rings (SSSR count). The van der Waals surface area contributed by atoms with E-state index in [-0.39, 0.29) is 6.61 Å². The van der Waals surface area contributed by atoms with Crippen LogP contribution in [0.4, 0.5) is 0 Å². The highest BCUT2D eigenvalue weighted by molar-refractivity contribution is 5.87. The van der Waals surface area contributed by atoms with E-state index < -0.39 is 5.97 Å². The number of carbonyl (C=O) groups is 1. The Hall–Kier alpha value is -2.75. The van der Waals surface area contributed by atoms with E-state index in [1.54, 1.807) is 13.2 Å². The van der Waals surface area contributed by atoms with Gasteiger partial charge in [-0.25, -0.2) is 4.79 Å². The second kappa shape index (κ2) is 8.52. The van der Waals surface area contributed by atoms with Gasteiger partial charge in [0.1, 0.15) is 24.7 Å². The third kappa shape index (κ3) is 5.32. The SMILES string of the molecule is COc1ccc(C=CC(=O)OCCOc2ccccc2)cc1. The molecule has 0 aliphatic heterocycles. The van der Waals surface area contributed by atoms with E-state index in [1.165, 1.54) is 6.08 Å². The van der Waals surface area contributed by atoms with Crippen LogP contribution in [0.2, 0.25) is 0 Å². The van der Waals surface area contributed by atoms with Crippen LogP contribution in [0.1, 0.15) is 5.56 Å². The molecule has 0 N–H and O–H groups in total. The largest absolute Gasteiger partial charge is 0.497 e. The molecule has 22 heavy (non-hydrogen) atoms. The molecule has 0 spiro atoms. The van der Waals surface area contributed by atoms with Gasteiger partial charge < -0.3 is 14.2 Å². The smallest absolute Gasteiger partial charge is 0.330 e. The highest BCUT2D eigenvalue weighted by Crippen LogP contribution is 2.12. The van der Waals surface area contributed by atoms with Gasteiger partial charge in [0.25, 0.3) is 0 Å². The van der Waals surface area contributed by atoms with Gasteiger partial charge in [-0.1, -0.05) is 30.3 Å². The minimum absolute atomic E-state index is 0.209. The van der Waals surface area contributed by atoms with E-state index in [9.17, 15) is 4.79 Å². The molecular weight excluding hydrogens is 280 g/mol. The summed E-state index contributed by atoms with van der Waals surface area (Å²) in [5.41, 5.74) is 0.901. The van der Waals surface area contributed by atoms with Gasteiger partial charge in [0.05, 0.1) is 7.11 Å². The zero-order chi connectivity index (χ0) is 15.6. The van der Waals surface area contributed by atoms with Crippen molar-refractivity contribution in [3.63, 3.8) is 0 Å². The third-order valence-electron chi connectivity index (χ3n) is 2.87. The molecule has 0 heterocycles. The van der Waals surface area contributed by atoms with Crippen LogP contribution in [-0.4, -0.2) is 26.3 Å². The van der Waals surface area contributed by atoms with Crippen LogP contribution in [0.5, 0.6) is 11.5 Å². The first-order chi connectivity index (χ1) is 10.8. The van der Waals surface area contributed by atoms with Gasteiger partial charge in [-0.15, -0.1) is 0 Å². The summed E-state index contributed by atoms with van der Waals surface area (Å²) < 4.78 is 15.6. The molecule has 0 amide bonds. The van der Waals surface area contributed by atoms with E-state index in [2.05, 4.69) is 0 Å². The maximum Gasteiger partial charge on any atom is 0.330 e. The second-order valence-corrected chi connectivity index (χ2v) is 4.44. The van der Waals surface area contributed by atoms with Gasteiger partial charge in [0, 0.05) is 6.08 Å². The molecule has 2 aromatic rings. The van der Waals surface area contributed by atoms with Gasteiger partial charge in [0.15, 0.2) is 0 Å². The third-order valence-corrected chi connectivity index (χ3v) is 2.87. The first-order valence-electron chi connectivity index (χ1n) is 6.94. The molecule has 0 saturated carbocycles. The summed E-state index contributed by atoms with van der Waals surface area (Å²) in [7, 11) is 1.61. The Morgan fingerprint density at radius 1 is 0.955 bits per heavy atom. The van der Waals surface area contributed by atoms with Crippen LogP contribution in [0.3, 0.4) is 0 Å². The monoisotopic (exact) mass is 298 g/mol. The van der Waals surface area contributed by atoms with Crippen molar-refractivity contribution in [2.45, 2.75) is 0 Å². The minimum atomic E-state index is -0.396. The average Bonchev–Trinajstić information content (AvgIpc) is 2.58. The number of benzene rings is 2. The summed E-state index contributed by atoms with van der Waals surface area (Å²) in [5, 5.41) is 0. The molecule has 0 aliphatic carbocycles. The summed E-state index contributed by atoms with van der Waals surface area (Å²) in [4.78, 5) is 11.6. The van der Waals surface area contributed by atoms with Crippen LogP contribution in [-0.2, 0) is 9.53 Å². The van der Waals surface area contributed by atoms with Crippen molar-refractivity contribution in [3.8, 4) is 11.5 Å². The average molecular weight is 298 g/mol. The Balaban J connectivity index is 1.69. The van der Waals surface area contributed by atoms with Crippen LogP contribution in [0.15, 0.2) is 60.7 Å². The van der Waals surface area contributed by atoms with Crippen molar-refractivity contribution in [2.24, 2.45) is 0 Å². The van der Waals surface area contributed by atoms with Gasteiger partial charge in [-0.2, -0.15) is 0 Å². The molecule has 2 aromatic carbocycles. The van der Waals surface area contributed by atoms with Crippen LogP contribution in [0.25, 0.3) is 6.08 Å². The van der Waals surface area contributed by atoms with E-state index in [0.29, 0.717) is 6.61 Å². The van der Waals surface area contributed by atoms with E-state index in [1.807, 2.05) is 54.6 Å². The van der Waals surface area contributed by atoms with Gasteiger partial charge >= 0.3 is 5.97 Å². The number of esters is 1. The maximum absolute atomic E-state index is 11.6. The number of para-hydroxylation sites is 1. The number of carbonyl (C=O) groups excluding carboxylic acids is 1. The molecule has 0 fully saturated rings. The Bertz CT molecular complexity index is 603. The molecule has 0 aromatic heterocycles. The van der Waals surface area contributed by atoms with Crippen molar-refractivity contribution in [1.82, 2.24) is 0 Å². The lowest BCUT2D eigenvalue weighted by molar-refractivity contribution is -0.138. The normalized spacial score (nSPS) is 10.4. The van der Waals surface area contributed by atoms with Gasteiger partial charge in [0.2, 0.25) is 0 Å². The van der Waals surface area contributed by atoms with Crippen molar-refractivity contribution < 1.29 is 19.0 Å². The standard InChI is InChI=1S/C18H18O4/c1-20-16-10-7-15(8-11-16)9-12-18(19)22-14-13-21-17-5-3-2-4-6-17/h2-12H,13-14H2,1H3. The number of rotatable bonds is 7. The summed E-state index contributed by atoms with van der Waals surface area (Å²) >= 11 is 0. The van der Waals surface area contributed by atoms with Crippen molar-refractivity contribution in [3.05, 3.63) is 66.2 Å². The molecule has 0 atom stereocenters. The fourth-order valence-electron chi connectivity index (χ4n) is 1.75. The molecule has 0 radical (unpaired) electrons. The zero-order valence-corrected chi connectivity index (χ0v) is 12.4. The van der Waals surface area contributed by atoms with Crippen molar-refractivity contribution in [1.29, 1.82) is 0 Å². The second-order valence-electron chi connectivity index (χ2n) is 4.44. The van der Waals surface area contributed by atoms with Crippen LogP contribution in [0, 0.1) is 0 Å². The van der Waals surface area contributed by atoms with Crippen molar-refractivity contribution in [2.75, 3.05) is 20.3 Å². The summed E-state index contributed by atoms with van der Waals surface area (Å²) in [6.45, 7) is 0.535. The Morgan fingerprint density at radius 2 is 1.68 bits per heavy atom. The predicted octanol–water partition coefficient (Wildman–Crippen LogP) is 3.33. The number of hydrogen-bond acceptors (Lipinski definition) is 4. The minimum Gasteiger partial charge on any atom is -0.497 e. The van der Waals surface area contributed by atoms with Crippen molar-refractivity contribution >= 4 is 12.0 Å². The summed E-state index contributed by atoms with van der Waals surface area (Å²) in [6.07, 6.45) is 3.09. The Labute approximate surface area is 129 Å².